The molecule has 0 spiro atoms. The Labute approximate surface area is 208 Å². The van der Waals surface area contributed by atoms with E-state index in [0.29, 0.717) is 19.0 Å². The number of guanidine groups is 1. The standard InChI is InChI=1S/C24H34N4O3.HI/c1-6-17(3)23(29)28-20-10-8-9-18(13-20)15-26-24(25-7-2)27-16-19-11-12-21(30-4)14-22(19)31-5;/h8-14,17H,6-7,15-16H2,1-5H3,(H,28,29)(H2,25,26,27);1H. The number of benzene rings is 2. The van der Waals surface area contributed by atoms with Gasteiger partial charge in [0.15, 0.2) is 5.96 Å². The molecule has 0 aromatic heterocycles. The number of carbonyl (C=O) groups is 1. The van der Waals surface area contributed by atoms with E-state index in [9.17, 15) is 4.79 Å². The topological polar surface area (TPSA) is 84.0 Å². The maximum absolute atomic E-state index is 12.1. The normalized spacial score (nSPS) is 11.7. The highest BCUT2D eigenvalue weighted by Crippen LogP contribution is 2.24. The first-order valence-corrected chi connectivity index (χ1v) is 10.6. The van der Waals surface area contributed by atoms with E-state index in [-0.39, 0.29) is 35.8 Å². The highest BCUT2D eigenvalue weighted by molar-refractivity contribution is 14.0. The molecule has 0 bridgehead atoms. The van der Waals surface area contributed by atoms with Gasteiger partial charge in [-0.25, -0.2) is 4.99 Å². The van der Waals surface area contributed by atoms with Gasteiger partial charge in [-0.15, -0.1) is 24.0 Å². The highest BCUT2D eigenvalue weighted by atomic mass is 127. The van der Waals surface area contributed by atoms with Crippen LogP contribution >= 0.6 is 24.0 Å². The largest absolute Gasteiger partial charge is 0.497 e. The van der Waals surface area contributed by atoms with E-state index in [4.69, 9.17) is 9.47 Å². The summed E-state index contributed by atoms with van der Waals surface area (Å²) in [5.74, 6) is 2.23. The van der Waals surface area contributed by atoms with E-state index in [0.717, 1.165) is 41.3 Å². The Bertz CT molecular complexity index is 889. The minimum absolute atomic E-state index is 0. The van der Waals surface area contributed by atoms with Crippen LogP contribution in [-0.2, 0) is 17.9 Å². The lowest BCUT2D eigenvalue weighted by atomic mass is 10.1. The number of anilines is 1. The number of rotatable bonds is 10. The Morgan fingerprint density at radius 1 is 1.06 bits per heavy atom. The fourth-order valence-corrected chi connectivity index (χ4v) is 2.89. The summed E-state index contributed by atoms with van der Waals surface area (Å²) in [6.07, 6.45) is 0.812. The lowest BCUT2D eigenvalue weighted by Crippen LogP contribution is -2.36. The average molecular weight is 554 g/mol. The second-order valence-electron chi connectivity index (χ2n) is 7.23. The fourth-order valence-electron chi connectivity index (χ4n) is 2.89. The van der Waals surface area contributed by atoms with Crippen molar-refractivity contribution in [3.63, 3.8) is 0 Å². The predicted octanol–water partition coefficient (Wildman–Crippen LogP) is 4.56. The molecule has 7 nitrogen and oxygen atoms in total. The molecule has 2 rings (SSSR count). The van der Waals surface area contributed by atoms with Crippen LogP contribution in [0.2, 0.25) is 0 Å². The average Bonchev–Trinajstić information content (AvgIpc) is 2.80. The van der Waals surface area contributed by atoms with Crippen molar-refractivity contribution in [3.05, 3.63) is 53.6 Å². The molecule has 2 aromatic rings. The van der Waals surface area contributed by atoms with Crippen molar-refractivity contribution in [2.75, 3.05) is 26.1 Å². The molecule has 0 radical (unpaired) electrons. The maximum atomic E-state index is 12.1. The van der Waals surface area contributed by atoms with Gasteiger partial charge in [-0.2, -0.15) is 0 Å². The summed E-state index contributed by atoms with van der Waals surface area (Å²) in [6, 6.07) is 13.5. The molecule has 0 heterocycles. The molecular formula is C24H35IN4O3. The Balaban J connectivity index is 0.00000512. The number of hydrogen-bond acceptors (Lipinski definition) is 4. The van der Waals surface area contributed by atoms with Crippen LogP contribution in [0.1, 0.15) is 38.3 Å². The summed E-state index contributed by atoms with van der Waals surface area (Å²) < 4.78 is 10.7. The predicted molar refractivity (Wildman–Crippen MR) is 141 cm³/mol. The zero-order valence-corrected chi connectivity index (χ0v) is 21.9. The summed E-state index contributed by atoms with van der Waals surface area (Å²) in [5, 5.41) is 9.56. The van der Waals surface area contributed by atoms with E-state index in [2.05, 4.69) is 20.9 Å². The van der Waals surface area contributed by atoms with Gasteiger partial charge in [0.1, 0.15) is 11.5 Å². The lowest BCUT2D eigenvalue weighted by Gasteiger charge is -2.14. The minimum atomic E-state index is -0.0128. The maximum Gasteiger partial charge on any atom is 0.227 e. The molecule has 1 unspecified atom stereocenters. The Morgan fingerprint density at radius 3 is 2.50 bits per heavy atom. The van der Waals surface area contributed by atoms with Crippen molar-refractivity contribution in [1.29, 1.82) is 0 Å². The molecule has 32 heavy (non-hydrogen) atoms. The van der Waals surface area contributed by atoms with Crippen LogP contribution in [0, 0.1) is 5.92 Å². The van der Waals surface area contributed by atoms with Gasteiger partial charge in [-0.05, 0) is 43.2 Å². The van der Waals surface area contributed by atoms with Gasteiger partial charge in [0.2, 0.25) is 5.91 Å². The zero-order chi connectivity index (χ0) is 22.6. The van der Waals surface area contributed by atoms with Crippen molar-refractivity contribution < 1.29 is 14.3 Å². The van der Waals surface area contributed by atoms with Crippen molar-refractivity contribution in [2.45, 2.75) is 40.3 Å². The van der Waals surface area contributed by atoms with Crippen molar-refractivity contribution in [2.24, 2.45) is 10.9 Å². The minimum Gasteiger partial charge on any atom is -0.497 e. The highest BCUT2D eigenvalue weighted by Gasteiger charge is 2.10. The molecule has 3 N–H and O–H groups in total. The summed E-state index contributed by atoms with van der Waals surface area (Å²) in [7, 11) is 3.28. The molecule has 1 atom stereocenters. The van der Waals surface area contributed by atoms with Crippen LogP contribution in [0.5, 0.6) is 11.5 Å². The molecule has 8 heteroatoms. The third kappa shape index (κ3) is 8.57. The number of carbonyl (C=O) groups excluding carboxylic acids is 1. The van der Waals surface area contributed by atoms with Crippen LogP contribution < -0.4 is 25.4 Å². The van der Waals surface area contributed by atoms with Gasteiger partial charge in [0, 0.05) is 36.3 Å². The number of aliphatic imine (C=N–C) groups is 1. The summed E-state index contributed by atoms with van der Waals surface area (Å²) in [5.41, 5.74) is 2.81. The number of ether oxygens (including phenoxy) is 2. The van der Waals surface area contributed by atoms with Crippen molar-refractivity contribution >= 4 is 41.5 Å². The third-order valence-corrected chi connectivity index (χ3v) is 4.96. The molecule has 2 aromatic carbocycles. The molecule has 0 aliphatic heterocycles. The summed E-state index contributed by atoms with van der Waals surface area (Å²) in [6.45, 7) is 7.75. The number of hydrogen-bond donors (Lipinski definition) is 3. The third-order valence-electron chi connectivity index (χ3n) is 4.96. The number of nitrogens with zero attached hydrogens (tertiary/aromatic N) is 1. The Kier molecular flexibility index (Phi) is 12.5. The van der Waals surface area contributed by atoms with Crippen LogP contribution in [0.25, 0.3) is 0 Å². The first-order valence-electron chi connectivity index (χ1n) is 10.6. The molecule has 0 fully saturated rings. The Morgan fingerprint density at radius 2 is 1.84 bits per heavy atom. The van der Waals surface area contributed by atoms with Crippen LogP contribution in [0.15, 0.2) is 47.5 Å². The molecular weight excluding hydrogens is 519 g/mol. The van der Waals surface area contributed by atoms with Gasteiger partial charge in [-0.1, -0.05) is 26.0 Å². The van der Waals surface area contributed by atoms with E-state index >= 15 is 0 Å². The van der Waals surface area contributed by atoms with Crippen molar-refractivity contribution in [1.82, 2.24) is 10.6 Å². The number of nitrogens with one attached hydrogen (secondary N) is 3. The number of halogens is 1. The molecule has 0 aliphatic rings. The summed E-state index contributed by atoms with van der Waals surface area (Å²) in [4.78, 5) is 16.8. The number of methoxy groups -OCH3 is 2. The molecule has 0 saturated heterocycles. The van der Waals surface area contributed by atoms with E-state index in [1.807, 2.05) is 63.2 Å². The first-order chi connectivity index (χ1) is 15.0. The van der Waals surface area contributed by atoms with Gasteiger partial charge in [0.25, 0.3) is 0 Å². The zero-order valence-electron chi connectivity index (χ0n) is 19.5. The Hall–Kier alpha value is -2.49. The fraction of sp³-hybridized carbons (Fsp3) is 0.417. The smallest absolute Gasteiger partial charge is 0.227 e. The van der Waals surface area contributed by atoms with Crippen molar-refractivity contribution in [3.8, 4) is 11.5 Å². The van der Waals surface area contributed by atoms with Gasteiger partial charge in [-0.3, -0.25) is 4.79 Å². The molecule has 0 saturated carbocycles. The molecule has 0 aliphatic carbocycles. The second-order valence-corrected chi connectivity index (χ2v) is 7.23. The van der Waals surface area contributed by atoms with Crippen LogP contribution in [0.3, 0.4) is 0 Å². The lowest BCUT2D eigenvalue weighted by molar-refractivity contribution is -0.119. The molecule has 1 amide bonds. The SMILES string of the molecule is CCNC(=NCc1cccc(NC(=O)C(C)CC)c1)NCc1ccc(OC)cc1OC.I. The van der Waals surface area contributed by atoms with Gasteiger partial charge in [0.05, 0.1) is 20.8 Å². The van der Waals surface area contributed by atoms with Gasteiger partial charge < -0.3 is 25.4 Å². The quantitative estimate of drug-likeness (QED) is 0.228. The van der Waals surface area contributed by atoms with E-state index in [1.165, 1.54) is 0 Å². The summed E-state index contributed by atoms with van der Waals surface area (Å²) >= 11 is 0. The number of amides is 1. The molecule has 176 valence electrons. The monoisotopic (exact) mass is 554 g/mol. The van der Waals surface area contributed by atoms with Gasteiger partial charge >= 0.3 is 0 Å². The first kappa shape index (κ1) is 27.5. The van der Waals surface area contributed by atoms with E-state index in [1.54, 1.807) is 14.2 Å². The second kappa shape index (κ2) is 14.5. The van der Waals surface area contributed by atoms with E-state index < -0.39 is 0 Å². The van der Waals surface area contributed by atoms with Crippen LogP contribution in [-0.4, -0.2) is 32.6 Å². The van der Waals surface area contributed by atoms with Crippen LogP contribution in [0.4, 0.5) is 5.69 Å².